The molecule has 158 valence electrons. The summed E-state index contributed by atoms with van der Waals surface area (Å²) in [6.07, 6.45) is 6.23. The SMILES string of the molecule is N#Cc1ccc(C(CO)NC(=O)[C@H]2CCN(c3ncnc4[nH]ccc34)CC23CC3)cc1. The first kappa shape index (κ1) is 19.5. The van der Waals surface area contributed by atoms with Crippen LogP contribution < -0.4 is 10.2 Å². The van der Waals surface area contributed by atoms with Crippen LogP contribution in [0.3, 0.4) is 0 Å². The first-order chi connectivity index (χ1) is 15.1. The number of carbonyl (C=O) groups is 1. The number of aliphatic hydroxyl groups is 1. The molecule has 2 aliphatic rings. The number of nitrogens with zero attached hydrogens (tertiary/aromatic N) is 4. The summed E-state index contributed by atoms with van der Waals surface area (Å²) in [6.45, 7) is 1.36. The van der Waals surface area contributed by atoms with Crippen molar-refractivity contribution in [2.24, 2.45) is 11.3 Å². The standard InChI is InChI=1S/C23H24N6O2/c24-11-15-1-3-16(4-2-15)19(12-30)28-22(31)18-6-10-29(13-23(18)7-8-23)21-17-5-9-25-20(17)26-14-27-21/h1-5,9,14,18-19,30H,6-8,10,12-13H2,(H,28,31)(H,25,26,27)/t18-,19?/m1/s1. The third kappa shape index (κ3) is 3.51. The van der Waals surface area contributed by atoms with Crippen molar-refractivity contribution in [1.82, 2.24) is 20.3 Å². The maximum Gasteiger partial charge on any atom is 0.224 e. The Morgan fingerprint density at radius 2 is 2.13 bits per heavy atom. The van der Waals surface area contributed by atoms with E-state index in [0.29, 0.717) is 5.56 Å². The topological polar surface area (TPSA) is 118 Å². The van der Waals surface area contributed by atoms with Crippen molar-refractivity contribution in [3.63, 3.8) is 0 Å². The molecule has 3 aromatic rings. The van der Waals surface area contributed by atoms with Gasteiger partial charge in [-0.25, -0.2) is 9.97 Å². The minimum absolute atomic E-state index is 0.00459. The van der Waals surface area contributed by atoms with Crippen molar-refractivity contribution in [1.29, 1.82) is 5.26 Å². The van der Waals surface area contributed by atoms with Gasteiger partial charge >= 0.3 is 0 Å². The van der Waals surface area contributed by atoms with E-state index in [1.807, 2.05) is 12.3 Å². The van der Waals surface area contributed by atoms with Gasteiger partial charge in [-0.2, -0.15) is 5.26 Å². The van der Waals surface area contributed by atoms with Crippen LogP contribution in [0.1, 0.15) is 36.4 Å². The predicted molar refractivity (Wildman–Crippen MR) is 115 cm³/mol. The van der Waals surface area contributed by atoms with Gasteiger partial charge in [-0.05, 0) is 48.4 Å². The number of amides is 1. The Labute approximate surface area is 179 Å². The zero-order chi connectivity index (χ0) is 21.4. The van der Waals surface area contributed by atoms with E-state index >= 15 is 0 Å². The van der Waals surface area contributed by atoms with Crippen LogP contribution in [-0.4, -0.2) is 45.7 Å². The number of aromatic amines is 1. The number of benzene rings is 1. The van der Waals surface area contributed by atoms with Gasteiger partial charge in [-0.1, -0.05) is 12.1 Å². The van der Waals surface area contributed by atoms with Crippen molar-refractivity contribution in [2.45, 2.75) is 25.3 Å². The van der Waals surface area contributed by atoms with Crippen LogP contribution >= 0.6 is 0 Å². The zero-order valence-electron chi connectivity index (χ0n) is 17.1. The number of hydrogen-bond donors (Lipinski definition) is 3. The largest absolute Gasteiger partial charge is 0.394 e. The summed E-state index contributed by atoms with van der Waals surface area (Å²) in [6, 6.07) is 10.6. The number of carbonyl (C=O) groups excluding carboxylic acids is 1. The average Bonchev–Trinajstić information content (AvgIpc) is 3.38. The molecule has 0 radical (unpaired) electrons. The maximum atomic E-state index is 13.2. The molecule has 1 saturated carbocycles. The fourth-order valence-electron chi connectivity index (χ4n) is 4.82. The van der Waals surface area contributed by atoms with Crippen molar-refractivity contribution in [3.05, 3.63) is 54.0 Å². The van der Waals surface area contributed by atoms with Crippen molar-refractivity contribution < 1.29 is 9.90 Å². The number of anilines is 1. The monoisotopic (exact) mass is 416 g/mol. The molecule has 3 heterocycles. The lowest BCUT2D eigenvalue weighted by molar-refractivity contribution is -0.129. The predicted octanol–water partition coefficient (Wildman–Crippen LogP) is 2.29. The van der Waals surface area contributed by atoms with Gasteiger partial charge in [-0.15, -0.1) is 0 Å². The minimum Gasteiger partial charge on any atom is -0.394 e. The summed E-state index contributed by atoms with van der Waals surface area (Å²) in [5.41, 5.74) is 2.13. The molecule has 31 heavy (non-hydrogen) atoms. The van der Waals surface area contributed by atoms with Gasteiger partial charge in [0.2, 0.25) is 5.91 Å². The molecule has 0 bridgehead atoms. The van der Waals surface area contributed by atoms with Gasteiger partial charge in [0.15, 0.2) is 0 Å². The molecule has 2 aromatic heterocycles. The van der Waals surface area contributed by atoms with E-state index in [1.165, 1.54) is 0 Å². The van der Waals surface area contributed by atoms with E-state index in [4.69, 9.17) is 5.26 Å². The van der Waals surface area contributed by atoms with Gasteiger partial charge in [0.25, 0.3) is 0 Å². The molecule has 1 saturated heterocycles. The highest BCUT2D eigenvalue weighted by Gasteiger charge is 2.55. The molecule has 1 aliphatic carbocycles. The zero-order valence-corrected chi connectivity index (χ0v) is 17.1. The molecule has 1 aliphatic heterocycles. The maximum absolute atomic E-state index is 13.2. The Kier molecular flexibility index (Phi) is 4.83. The van der Waals surface area contributed by atoms with Crippen molar-refractivity contribution >= 4 is 22.8 Å². The summed E-state index contributed by atoms with van der Waals surface area (Å²) in [5, 5.41) is 22.9. The van der Waals surface area contributed by atoms with Crippen molar-refractivity contribution in [2.75, 3.05) is 24.6 Å². The molecule has 8 nitrogen and oxygen atoms in total. The van der Waals surface area contributed by atoms with Crippen LogP contribution in [0.2, 0.25) is 0 Å². The number of hydrogen-bond acceptors (Lipinski definition) is 6. The first-order valence-electron chi connectivity index (χ1n) is 10.6. The number of piperidine rings is 1. The average molecular weight is 416 g/mol. The Morgan fingerprint density at radius 3 is 2.84 bits per heavy atom. The second-order valence-electron chi connectivity index (χ2n) is 8.54. The lowest BCUT2D eigenvalue weighted by atomic mass is 9.81. The van der Waals surface area contributed by atoms with E-state index in [2.05, 4.69) is 31.2 Å². The Balaban J connectivity index is 1.31. The lowest BCUT2D eigenvalue weighted by Crippen LogP contribution is -2.49. The van der Waals surface area contributed by atoms with Crippen LogP contribution in [-0.2, 0) is 4.79 Å². The number of nitrogens with one attached hydrogen (secondary N) is 2. The molecule has 1 spiro atoms. The summed E-state index contributed by atoms with van der Waals surface area (Å²) in [4.78, 5) is 27.4. The summed E-state index contributed by atoms with van der Waals surface area (Å²) < 4.78 is 0. The summed E-state index contributed by atoms with van der Waals surface area (Å²) in [5.74, 6) is 0.831. The molecule has 3 N–H and O–H groups in total. The summed E-state index contributed by atoms with van der Waals surface area (Å²) in [7, 11) is 0. The second-order valence-corrected chi connectivity index (χ2v) is 8.54. The highest BCUT2D eigenvalue weighted by molar-refractivity contribution is 5.88. The Bertz CT molecular complexity index is 1140. The summed E-state index contributed by atoms with van der Waals surface area (Å²) >= 11 is 0. The Morgan fingerprint density at radius 1 is 1.32 bits per heavy atom. The number of aromatic nitrogens is 3. The molecule has 2 atom stereocenters. The van der Waals surface area contributed by atoms with Crippen LogP contribution in [0, 0.1) is 22.7 Å². The van der Waals surface area contributed by atoms with Gasteiger partial charge in [0, 0.05) is 25.2 Å². The molecule has 1 aromatic carbocycles. The first-order valence-corrected chi connectivity index (χ1v) is 10.6. The number of fused-ring (bicyclic) bond motifs is 1. The molecule has 5 rings (SSSR count). The minimum atomic E-state index is -0.476. The van der Waals surface area contributed by atoms with Gasteiger partial charge in [0.05, 0.1) is 29.7 Å². The highest BCUT2D eigenvalue weighted by Crippen LogP contribution is 2.56. The van der Waals surface area contributed by atoms with Crippen molar-refractivity contribution in [3.8, 4) is 6.07 Å². The van der Waals surface area contributed by atoms with Gasteiger partial charge in [0.1, 0.15) is 17.8 Å². The van der Waals surface area contributed by atoms with Gasteiger partial charge in [-0.3, -0.25) is 4.79 Å². The third-order valence-electron chi connectivity index (χ3n) is 6.72. The van der Waals surface area contributed by atoms with Crippen LogP contribution in [0.5, 0.6) is 0 Å². The lowest BCUT2D eigenvalue weighted by Gasteiger charge is -2.39. The van der Waals surface area contributed by atoms with E-state index < -0.39 is 6.04 Å². The smallest absolute Gasteiger partial charge is 0.224 e. The van der Waals surface area contributed by atoms with Crippen LogP contribution in [0.4, 0.5) is 5.82 Å². The molecule has 8 heteroatoms. The number of rotatable bonds is 5. The van der Waals surface area contributed by atoms with E-state index in [-0.39, 0.29) is 23.8 Å². The third-order valence-corrected chi connectivity index (χ3v) is 6.72. The number of aliphatic hydroxyl groups excluding tert-OH is 1. The van der Waals surface area contributed by atoms with Crippen LogP contribution in [0.25, 0.3) is 11.0 Å². The fraction of sp³-hybridized carbons (Fsp3) is 0.391. The number of nitriles is 1. The fourth-order valence-corrected chi connectivity index (χ4v) is 4.82. The quantitative estimate of drug-likeness (QED) is 0.587. The van der Waals surface area contributed by atoms with Crippen LogP contribution in [0.15, 0.2) is 42.9 Å². The Hall–Kier alpha value is -3.44. The molecular formula is C23H24N6O2. The normalized spacial score (nSPS) is 20.4. The van der Waals surface area contributed by atoms with E-state index in [0.717, 1.165) is 54.8 Å². The number of H-pyrrole nitrogens is 1. The van der Waals surface area contributed by atoms with E-state index in [1.54, 1.807) is 30.6 Å². The van der Waals surface area contributed by atoms with E-state index in [9.17, 15) is 9.90 Å². The molecule has 1 unspecified atom stereocenters. The van der Waals surface area contributed by atoms with Gasteiger partial charge < -0.3 is 20.3 Å². The second kappa shape index (κ2) is 7.67. The molecular weight excluding hydrogens is 392 g/mol. The molecule has 1 amide bonds. The molecule has 2 fully saturated rings. The highest BCUT2D eigenvalue weighted by atomic mass is 16.3.